The second-order valence-electron chi connectivity index (χ2n) is 7.41. The van der Waals surface area contributed by atoms with Crippen LogP contribution in [0.25, 0.3) is 6.08 Å². The predicted molar refractivity (Wildman–Crippen MR) is 123 cm³/mol. The van der Waals surface area contributed by atoms with E-state index in [1.807, 2.05) is 37.5 Å². The first-order chi connectivity index (χ1) is 14.0. The van der Waals surface area contributed by atoms with E-state index in [1.165, 1.54) is 0 Å². The number of hydrogen-bond donors (Lipinski definition) is 1. The zero-order valence-corrected chi connectivity index (χ0v) is 18.2. The van der Waals surface area contributed by atoms with E-state index in [-0.39, 0.29) is 5.78 Å². The largest absolute Gasteiger partial charge is 0.389 e. The van der Waals surface area contributed by atoms with Gasteiger partial charge >= 0.3 is 0 Å². The van der Waals surface area contributed by atoms with Gasteiger partial charge in [-0.3, -0.25) is 14.7 Å². The molecule has 5 heteroatoms. The van der Waals surface area contributed by atoms with Crippen molar-refractivity contribution >= 4 is 17.5 Å². The monoisotopic (exact) mass is 394 g/mol. The Hall–Kier alpha value is -2.66. The average Bonchev–Trinajstić information content (AvgIpc) is 2.74. The van der Waals surface area contributed by atoms with E-state index in [1.54, 1.807) is 18.2 Å². The maximum atomic E-state index is 12.9. The topological polar surface area (TPSA) is 48.5 Å². The molecular formula is C24H34N4O. The lowest BCUT2D eigenvalue weighted by molar-refractivity contribution is 0.104. The van der Waals surface area contributed by atoms with Crippen molar-refractivity contribution in [2.75, 3.05) is 38.1 Å². The number of nitrogens with one attached hydrogen (secondary N) is 1. The third kappa shape index (κ3) is 6.71. The summed E-state index contributed by atoms with van der Waals surface area (Å²) in [6, 6.07) is 2.54. The summed E-state index contributed by atoms with van der Waals surface area (Å²) < 4.78 is 0. The van der Waals surface area contributed by atoms with E-state index in [2.05, 4.69) is 47.5 Å². The highest BCUT2D eigenvalue weighted by atomic mass is 16.1. The first-order valence-electron chi connectivity index (χ1n) is 10.4. The van der Waals surface area contributed by atoms with Gasteiger partial charge in [-0.1, -0.05) is 31.7 Å². The molecule has 5 nitrogen and oxygen atoms in total. The lowest BCUT2D eigenvalue weighted by Gasteiger charge is -2.38. The lowest BCUT2D eigenvalue weighted by Crippen LogP contribution is -2.49. The summed E-state index contributed by atoms with van der Waals surface area (Å²) in [7, 11) is 1.81. The summed E-state index contributed by atoms with van der Waals surface area (Å²) in [5, 5.41) is 2.94. The molecule has 0 aromatic carbocycles. The number of pyridine rings is 1. The van der Waals surface area contributed by atoms with Gasteiger partial charge in [-0.15, -0.1) is 0 Å². The molecule has 0 unspecified atom stereocenters. The Morgan fingerprint density at radius 2 is 1.93 bits per heavy atom. The van der Waals surface area contributed by atoms with Crippen LogP contribution in [-0.2, 0) is 0 Å². The van der Waals surface area contributed by atoms with Gasteiger partial charge in [-0.05, 0) is 44.6 Å². The van der Waals surface area contributed by atoms with E-state index in [0.29, 0.717) is 11.6 Å². The van der Waals surface area contributed by atoms with Gasteiger partial charge < -0.3 is 10.2 Å². The molecule has 156 valence electrons. The second-order valence-corrected chi connectivity index (χ2v) is 7.41. The Morgan fingerprint density at radius 1 is 1.24 bits per heavy atom. The van der Waals surface area contributed by atoms with Crippen LogP contribution in [0.4, 0.5) is 5.69 Å². The summed E-state index contributed by atoms with van der Waals surface area (Å²) in [6.45, 7) is 14.3. The Bertz CT molecular complexity index is 784. The zero-order chi connectivity index (χ0) is 21.2. The predicted octanol–water partition coefficient (Wildman–Crippen LogP) is 4.06. The van der Waals surface area contributed by atoms with Crippen molar-refractivity contribution in [2.24, 2.45) is 0 Å². The van der Waals surface area contributed by atoms with Crippen LogP contribution in [0.5, 0.6) is 0 Å². The van der Waals surface area contributed by atoms with Crippen molar-refractivity contribution < 1.29 is 4.79 Å². The Labute approximate surface area is 175 Å². The molecule has 1 aliphatic rings. The Morgan fingerprint density at radius 3 is 2.55 bits per heavy atom. The van der Waals surface area contributed by atoms with Crippen LogP contribution >= 0.6 is 0 Å². The molecular weight excluding hydrogens is 360 g/mol. The van der Waals surface area contributed by atoms with Crippen molar-refractivity contribution in [3.8, 4) is 0 Å². The lowest BCUT2D eigenvalue weighted by atomic mass is 10.1. The molecule has 1 N–H and O–H groups in total. The molecule has 1 aromatic heterocycles. The van der Waals surface area contributed by atoms with Gasteiger partial charge in [0.25, 0.3) is 0 Å². The van der Waals surface area contributed by atoms with Crippen LogP contribution in [0.3, 0.4) is 0 Å². The van der Waals surface area contributed by atoms with Gasteiger partial charge in [0, 0.05) is 50.5 Å². The summed E-state index contributed by atoms with van der Waals surface area (Å²) in [6.07, 6.45) is 13.7. The Kier molecular flexibility index (Phi) is 8.87. The molecule has 0 aliphatic carbocycles. The molecule has 2 heterocycles. The average molecular weight is 395 g/mol. The summed E-state index contributed by atoms with van der Waals surface area (Å²) in [5.41, 5.74) is 3.15. The molecule has 0 amide bonds. The highest BCUT2D eigenvalue weighted by molar-refractivity contribution is 6.07. The number of aromatic nitrogens is 1. The number of hydrogen-bond acceptors (Lipinski definition) is 5. The van der Waals surface area contributed by atoms with Crippen molar-refractivity contribution in [1.29, 1.82) is 0 Å². The number of allylic oxidation sites excluding steroid dienone is 5. The minimum atomic E-state index is -0.0457. The van der Waals surface area contributed by atoms with Gasteiger partial charge in [0.05, 0.1) is 17.6 Å². The molecule has 1 aliphatic heterocycles. The van der Waals surface area contributed by atoms with Gasteiger partial charge in [-0.25, -0.2) is 0 Å². The summed E-state index contributed by atoms with van der Waals surface area (Å²) >= 11 is 0. The van der Waals surface area contributed by atoms with E-state index >= 15 is 0 Å². The number of ketones is 1. The third-order valence-electron chi connectivity index (χ3n) is 5.07. The minimum Gasteiger partial charge on any atom is -0.389 e. The molecule has 1 saturated heterocycles. The number of piperazine rings is 1. The van der Waals surface area contributed by atoms with Crippen molar-refractivity contribution in [2.45, 2.75) is 33.2 Å². The molecule has 0 bridgehead atoms. The fraction of sp³-hybridized carbons (Fsp3) is 0.417. The number of carbonyl (C=O) groups is 1. The standard InChI is InChI=1S/C24H34N4O/c1-6-7-11-23-22(24(29)12-9-8-10-20(4)25-5)17-21(18-26-23)28-15-13-27(14-16-28)19(2)3/h7-12,17-19,25H,4,6,13-16H2,1-3,5H3/b10-8-,11-7-,12-9+. The maximum absolute atomic E-state index is 12.9. The number of likely N-dealkylation sites (N-methyl/N-ethyl adjacent to an activating group) is 1. The number of nitrogens with zero attached hydrogens (tertiary/aromatic N) is 3. The van der Waals surface area contributed by atoms with E-state index in [9.17, 15) is 4.79 Å². The molecule has 0 spiro atoms. The molecule has 1 fully saturated rings. The van der Waals surface area contributed by atoms with E-state index in [4.69, 9.17) is 0 Å². The van der Waals surface area contributed by atoms with Crippen molar-refractivity contribution in [1.82, 2.24) is 15.2 Å². The highest BCUT2D eigenvalue weighted by Crippen LogP contribution is 2.21. The quantitative estimate of drug-likeness (QED) is 0.389. The second kappa shape index (κ2) is 11.4. The molecule has 1 aromatic rings. The van der Waals surface area contributed by atoms with Gasteiger partial charge in [-0.2, -0.15) is 0 Å². The van der Waals surface area contributed by atoms with Gasteiger partial charge in [0.15, 0.2) is 5.78 Å². The smallest absolute Gasteiger partial charge is 0.188 e. The zero-order valence-electron chi connectivity index (χ0n) is 18.2. The first kappa shape index (κ1) is 22.6. The van der Waals surface area contributed by atoms with E-state index in [0.717, 1.165) is 49.7 Å². The van der Waals surface area contributed by atoms with Crippen LogP contribution in [0.15, 0.2) is 54.9 Å². The van der Waals surface area contributed by atoms with Crippen LogP contribution in [0.1, 0.15) is 43.2 Å². The van der Waals surface area contributed by atoms with Crippen LogP contribution < -0.4 is 10.2 Å². The number of carbonyl (C=O) groups excluding carboxylic acids is 1. The van der Waals surface area contributed by atoms with Crippen LogP contribution in [0.2, 0.25) is 0 Å². The number of anilines is 1. The van der Waals surface area contributed by atoms with Crippen molar-refractivity contribution in [3.63, 3.8) is 0 Å². The third-order valence-corrected chi connectivity index (χ3v) is 5.07. The molecule has 29 heavy (non-hydrogen) atoms. The van der Waals surface area contributed by atoms with Crippen LogP contribution in [-0.4, -0.2) is 54.9 Å². The Balaban J connectivity index is 2.21. The van der Waals surface area contributed by atoms with E-state index < -0.39 is 0 Å². The van der Waals surface area contributed by atoms with Crippen LogP contribution in [0, 0.1) is 0 Å². The summed E-state index contributed by atoms with van der Waals surface area (Å²) in [5.74, 6) is -0.0457. The number of rotatable bonds is 9. The van der Waals surface area contributed by atoms with Gasteiger partial charge in [0.1, 0.15) is 0 Å². The van der Waals surface area contributed by atoms with Crippen molar-refractivity contribution in [3.05, 3.63) is 66.2 Å². The first-order valence-corrected chi connectivity index (χ1v) is 10.4. The molecule has 2 rings (SSSR count). The molecule has 0 radical (unpaired) electrons. The normalized spacial score (nSPS) is 15.8. The minimum absolute atomic E-state index is 0.0457. The molecule has 0 saturated carbocycles. The maximum Gasteiger partial charge on any atom is 0.188 e. The fourth-order valence-corrected chi connectivity index (χ4v) is 3.18. The SMILES string of the molecule is C=C(/C=C\C=C\C(=O)c1cc(N2CCN(C(C)C)CC2)cnc1/C=C\CC)NC. The van der Waals surface area contributed by atoms with Gasteiger partial charge in [0.2, 0.25) is 0 Å². The fourth-order valence-electron chi connectivity index (χ4n) is 3.18. The molecule has 0 atom stereocenters. The highest BCUT2D eigenvalue weighted by Gasteiger charge is 2.20. The summed E-state index contributed by atoms with van der Waals surface area (Å²) in [4.78, 5) is 22.2.